The van der Waals surface area contributed by atoms with Crippen molar-refractivity contribution in [1.82, 2.24) is 10.6 Å². The summed E-state index contributed by atoms with van der Waals surface area (Å²) in [5, 5.41) is 4.84. The number of amides is 2. The van der Waals surface area contributed by atoms with Gasteiger partial charge in [0.2, 0.25) is 11.8 Å². The van der Waals surface area contributed by atoms with Crippen molar-refractivity contribution in [2.45, 2.75) is 38.5 Å². The molecule has 2 amide bonds. The van der Waals surface area contributed by atoms with E-state index in [1.54, 1.807) is 7.11 Å². The van der Waals surface area contributed by atoms with Crippen LogP contribution >= 0.6 is 11.8 Å². The molecular formula is C17H33N3O5S. The van der Waals surface area contributed by atoms with Crippen molar-refractivity contribution < 1.29 is 23.9 Å². The molecule has 2 atom stereocenters. The molecule has 0 spiro atoms. The lowest BCUT2D eigenvalue weighted by atomic mass is 10.2. The second kappa shape index (κ2) is 15.0. The Bertz CT molecular complexity index is 435. The third kappa shape index (κ3) is 13.1. The average Bonchev–Trinajstić information content (AvgIpc) is 2.57. The van der Waals surface area contributed by atoms with Gasteiger partial charge in [0.1, 0.15) is 5.78 Å². The summed E-state index contributed by atoms with van der Waals surface area (Å²) in [5.74, 6) is 0.0566. The molecule has 0 radical (unpaired) electrons. The summed E-state index contributed by atoms with van der Waals surface area (Å²) in [7, 11) is 1.54. The Morgan fingerprint density at radius 3 is 2.35 bits per heavy atom. The molecule has 9 heteroatoms. The lowest BCUT2D eigenvalue weighted by Crippen LogP contribution is -2.40. The topological polar surface area (TPSA) is 120 Å². The van der Waals surface area contributed by atoms with Gasteiger partial charge in [-0.3, -0.25) is 14.4 Å². The van der Waals surface area contributed by atoms with Crippen molar-refractivity contribution in [3.63, 3.8) is 0 Å². The van der Waals surface area contributed by atoms with Gasteiger partial charge in [-0.1, -0.05) is 13.8 Å². The van der Waals surface area contributed by atoms with E-state index in [9.17, 15) is 14.4 Å². The van der Waals surface area contributed by atoms with E-state index in [1.165, 1.54) is 18.7 Å². The normalized spacial score (nSPS) is 13.3. The van der Waals surface area contributed by atoms with Crippen LogP contribution in [0.3, 0.4) is 0 Å². The number of rotatable bonds is 15. The quantitative estimate of drug-likeness (QED) is 0.335. The molecule has 2 unspecified atom stereocenters. The molecule has 0 aromatic carbocycles. The van der Waals surface area contributed by atoms with Gasteiger partial charge in [0.05, 0.1) is 24.5 Å². The summed E-state index contributed by atoms with van der Waals surface area (Å²) in [6, 6.07) is -0.651. The molecule has 0 aliphatic heterocycles. The minimum Gasteiger partial charge on any atom is -0.383 e. The lowest BCUT2D eigenvalue weighted by molar-refractivity contribution is -0.126. The number of hydrogen-bond acceptors (Lipinski definition) is 7. The highest BCUT2D eigenvalue weighted by Gasteiger charge is 2.23. The van der Waals surface area contributed by atoms with Crippen LogP contribution in [0.5, 0.6) is 0 Å². The number of nitrogens with one attached hydrogen (secondary N) is 2. The van der Waals surface area contributed by atoms with E-state index in [2.05, 4.69) is 10.6 Å². The maximum Gasteiger partial charge on any atom is 0.233 e. The summed E-state index contributed by atoms with van der Waals surface area (Å²) in [6.07, 6.45) is 0.0122. The molecule has 0 saturated heterocycles. The number of nitrogens with two attached hydrogens (primary N) is 1. The van der Waals surface area contributed by atoms with E-state index in [0.29, 0.717) is 38.8 Å². The van der Waals surface area contributed by atoms with Gasteiger partial charge in [-0.2, -0.15) is 0 Å². The van der Waals surface area contributed by atoms with Crippen LogP contribution in [0.15, 0.2) is 0 Å². The number of ether oxygens (including phenoxy) is 2. The zero-order valence-electron chi connectivity index (χ0n) is 16.2. The number of ketones is 1. The molecule has 0 saturated carbocycles. The average molecular weight is 392 g/mol. The second-order valence-electron chi connectivity index (χ2n) is 6.35. The van der Waals surface area contributed by atoms with Gasteiger partial charge in [-0.05, 0) is 12.8 Å². The molecule has 0 aliphatic carbocycles. The standard InChI is InChI=1S/C17H33N3O5S/c1-12(2)10-25-8-6-19-16(22)9-15(17(23)20-5-7-24-4)26-11-14(18)13(3)21/h12,14-15H,5-11,18H2,1-4H3,(H,19,22)(H,20,23). The van der Waals surface area contributed by atoms with Crippen molar-refractivity contribution in [3.05, 3.63) is 0 Å². The lowest BCUT2D eigenvalue weighted by Gasteiger charge is -2.18. The van der Waals surface area contributed by atoms with Crippen molar-refractivity contribution in [2.75, 3.05) is 45.8 Å². The molecule has 0 aliphatic rings. The SMILES string of the molecule is COCCNC(=O)C(CC(=O)NCCOCC(C)C)SCC(N)C(C)=O. The first-order valence-corrected chi connectivity index (χ1v) is 9.81. The van der Waals surface area contributed by atoms with Gasteiger partial charge in [0.15, 0.2) is 0 Å². The van der Waals surface area contributed by atoms with E-state index >= 15 is 0 Å². The molecule has 4 N–H and O–H groups in total. The maximum atomic E-state index is 12.3. The number of thioether (sulfide) groups is 1. The highest BCUT2D eigenvalue weighted by molar-refractivity contribution is 8.00. The molecule has 8 nitrogen and oxygen atoms in total. The number of methoxy groups -OCH3 is 1. The van der Waals surface area contributed by atoms with Gasteiger partial charge in [0.25, 0.3) is 0 Å². The first-order chi connectivity index (χ1) is 12.3. The Morgan fingerprint density at radius 2 is 1.77 bits per heavy atom. The van der Waals surface area contributed by atoms with Crippen LogP contribution in [0, 0.1) is 5.92 Å². The summed E-state index contributed by atoms with van der Waals surface area (Å²) in [6.45, 7) is 7.70. The fourth-order valence-corrected chi connectivity index (χ4v) is 2.96. The number of carbonyl (C=O) groups is 3. The van der Waals surface area contributed by atoms with Gasteiger partial charge in [-0.15, -0.1) is 11.8 Å². The van der Waals surface area contributed by atoms with E-state index in [1.807, 2.05) is 13.8 Å². The largest absolute Gasteiger partial charge is 0.383 e. The Morgan fingerprint density at radius 1 is 1.12 bits per heavy atom. The van der Waals surface area contributed by atoms with Crippen LogP contribution in [0.4, 0.5) is 0 Å². The van der Waals surface area contributed by atoms with Gasteiger partial charge in [0, 0.05) is 39.0 Å². The van der Waals surface area contributed by atoms with Gasteiger partial charge in [-0.25, -0.2) is 0 Å². The predicted octanol–water partition coefficient (Wildman–Crippen LogP) is -0.0540. The molecular weight excluding hydrogens is 358 g/mol. The van der Waals surface area contributed by atoms with Crippen LogP contribution in [0.2, 0.25) is 0 Å². The highest BCUT2D eigenvalue weighted by Crippen LogP contribution is 2.16. The monoisotopic (exact) mass is 391 g/mol. The Hall–Kier alpha value is -1.16. The number of carbonyl (C=O) groups excluding carboxylic acids is 3. The molecule has 152 valence electrons. The molecule has 0 aromatic rings. The molecule has 0 aromatic heterocycles. The number of Topliss-reactive ketones (excluding diaryl/α,β-unsaturated/α-hetero) is 1. The fourth-order valence-electron chi connectivity index (χ4n) is 1.78. The highest BCUT2D eigenvalue weighted by atomic mass is 32.2. The minimum atomic E-state index is -0.651. The van der Waals surface area contributed by atoms with E-state index in [0.717, 1.165) is 0 Å². The Kier molecular flexibility index (Phi) is 14.3. The molecule has 0 fully saturated rings. The molecule has 0 rings (SSSR count). The van der Waals surface area contributed by atoms with Crippen molar-refractivity contribution in [2.24, 2.45) is 11.7 Å². The second-order valence-corrected chi connectivity index (χ2v) is 7.58. The van der Waals surface area contributed by atoms with Crippen molar-refractivity contribution in [3.8, 4) is 0 Å². The van der Waals surface area contributed by atoms with Crippen LogP contribution in [-0.2, 0) is 23.9 Å². The maximum absolute atomic E-state index is 12.3. The van der Waals surface area contributed by atoms with E-state index in [4.69, 9.17) is 15.2 Å². The van der Waals surface area contributed by atoms with Crippen LogP contribution in [-0.4, -0.2) is 74.7 Å². The van der Waals surface area contributed by atoms with Crippen LogP contribution < -0.4 is 16.4 Å². The van der Waals surface area contributed by atoms with Gasteiger partial charge >= 0.3 is 0 Å². The number of hydrogen-bond donors (Lipinski definition) is 3. The van der Waals surface area contributed by atoms with Crippen LogP contribution in [0.25, 0.3) is 0 Å². The van der Waals surface area contributed by atoms with Crippen molar-refractivity contribution in [1.29, 1.82) is 0 Å². The Balaban J connectivity index is 4.41. The van der Waals surface area contributed by atoms with E-state index < -0.39 is 11.3 Å². The molecule has 26 heavy (non-hydrogen) atoms. The van der Waals surface area contributed by atoms with Crippen LogP contribution in [0.1, 0.15) is 27.2 Å². The zero-order chi connectivity index (χ0) is 19.9. The predicted molar refractivity (Wildman–Crippen MR) is 103 cm³/mol. The fraction of sp³-hybridized carbons (Fsp3) is 0.824. The summed E-state index contributed by atoms with van der Waals surface area (Å²) < 4.78 is 10.3. The van der Waals surface area contributed by atoms with Crippen molar-refractivity contribution >= 4 is 29.4 Å². The van der Waals surface area contributed by atoms with Gasteiger partial charge < -0.3 is 25.8 Å². The zero-order valence-corrected chi connectivity index (χ0v) is 17.0. The first kappa shape index (κ1) is 24.8. The first-order valence-electron chi connectivity index (χ1n) is 8.76. The third-order valence-corrected chi connectivity index (χ3v) is 4.62. The molecule has 0 heterocycles. The third-order valence-electron chi connectivity index (χ3n) is 3.29. The summed E-state index contributed by atoms with van der Waals surface area (Å²) in [5.41, 5.74) is 5.72. The smallest absolute Gasteiger partial charge is 0.233 e. The minimum absolute atomic E-state index is 0.0122. The Labute approximate surface area is 160 Å². The molecule has 0 bridgehead atoms. The van der Waals surface area contributed by atoms with E-state index in [-0.39, 0.29) is 29.8 Å². The summed E-state index contributed by atoms with van der Waals surface area (Å²) >= 11 is 1.21. The summed E-state index contributed by atoms with van der Waals surface area (Å²) in [4.78, 5) is 35.6.